The molecule has 0 bridgehead atoms. The van der Waals surface area contributed by atoms with Crippen LogP contribution in [0.5, 0.6) is 11.5 Å². The Morgan fingerprint density at radius 2 is 1.69 bits per heavy atom. The molecule has 146 valence electrons. The summed E-state index contributed by atoms with van der Waals surface area (Å²) in [6, 6.07) is 5.03. The highest BCUT2D eigenvalue weighted by Crippen LogP contribution is 2.37. The summed E-state index contributed by atoms with van der Waals surface area (Å²) in [5, 5.41) is 0.921. The van der Waals surface area contributed by atoms with E-state index < -0.39 is 21.3 Å². The largest absolute Gasteiger partial charge is 0.497 e. The third-order valence-electron chi connectivity index (χ3n) is 5.24. The van der Waals surface area contributed by atoms with Gasteiger partial charge in [0.25, 0.3) is 0 Å². The van der Waals surface area contributed by atoms with Crippen molar-refractivity contribution in [3.8, 4) is 11.5 Å². The van der Waals surface area contributed by atoms with Gasteiger partial charge in [-0.15, -0.1) is 0 Å². The number of sulfonamides is 1. The molecule has 1 saturated carbocycles. The fraction of sp³-hybridized carbons (Fsp3) is 0.667. The molecule has 0 radical (unpaired) electrons. The zero-order chi connectivity index (χ0) is 18.7. The molecular formula is C18H28N2O5S. The Morgan fingerprint density at radius 1 is 1.08 bits per heavy atom. The quantitative estimate of drug-likeness (QED) is 0.811. The number of benzene rings is 1. The van der Waals surface area contributed by atoms with Gasteiger partial charge in [0, 0.05) is 19.2 Å². The van der Waals surface area contributed by atoms with Gasteiger partial charge in [-0.3, -0.25) is 4.84 Å². The van der Waals surface area contributed by atoms with E-state index in [0.29, 0.717) is 11.5 Å². The Bertz CT molecular complexity index is 696. The minimum Gasteiger partial charge on any atom is -0.497 e. The second kappa shape index (κ2) is 8.12. The molecule has 1 heterocycles. The van der Waals surface area contributed by atoms with Gasteiger partial charge in [0.1, 0.15) is 16.7 Å². The number of nitrogens with one attached hydrogen (secondary N) is 1. The maximum atomic E-state index is 13.1. The highest BCUT2D eigenvalue weighted by atomic mass is 32.2. The van der Waals surface area contributed by atoms with E-state index in [0.717, 1.165) is 31.2 Å². The van der Waals surface area contributed by atoms with Crippen LogP contribution in [0.25, 0.3) is 0 Å². The van der Waals surface area contributed by atoms with Crippen molar-refractivity contribution < 1.29 is 22.7 Å². The molecule has 8 heteroatoms. The van der Waals surface area contributed by atoms with Crippen molar-refractivity contribution in [2.24, 2.45) is 0 Å². The summed E-state index contributed by atoms with van der Waals surface area (Å²) in [6.07, 6.45) is 5.13. The molecule has 3 rings (SSSR count). The fourth-order valence-corrected chi connectivity index (χ4v) is 5.60. The van der Waals surface area contributed by atoms with Crippen molar-refractivity contribution in [2.45, 2.75) is 49.4 Å². The summed E-state index contributed by atoms with van der Waals surface area (Å²) in [5.74, 6) is 1.24. The molecule has 0 spiro atoms. The average molecular weight is 384 g/mol. The third-order valence-corrected chi connectivity index (χ3v) is 7.09. The molecule has 1 aromatic rings. The molecule has 0 amide bonds. The number of rotatable bonds is 6. The Hall–Kier alpha value is -1.35. The van der Waals surface area contributed by atoms with Gasteiger partial charge in [-0.2, -0.15) is 5.06 Å². The number of hydrogen-bond acceptors (Lipinski definition) is 6. The molecule has 1 aromatic carbocycles. The minimum atomic E-state index is -3.53. The average Bonchev–Trinajstić information content (AvgIpc) is 3.04. The zero-order valence-electron chi connectivity index (χ0n) is 15.6. The molecule has 1 aliphatic carbocycles. The van der Waals surface area contributed by atoms with E-state index in [4.69, 9.17) is 14.3 Å². The van der Waals surface area contributed by atoms with Crippen LogP contribution in [0.1, 0.15) is 43.7 Å². The lowest BCUT2D eigenvalue weighted by Gasteiger charge is -2.27. The van der Waals surface area contributed by atoms with Crippen LogP contribution in [0.2, 0.25) is 0 Å². The van der Waals surface area contributed by atoms with Gasteiger partial charge in [0.2, 0.25) is 10.0 Å². The van der Waals surface area contributed by atoms with Crippen LogP contribution in [-0.2, 0) is 14.9 Å². The van der Waals surface area contributed by atoms with Crippen molar-refractivity contribution in [3.05, 3.63) is 23.8 Å². The highest BCUT2D eigenvalue weighted by Gasteiger charge is 2.44. The summed E-state index contributed by atoms with van der Waals surface area (Å²) in [7, 11) is 1.38. The predicted molar refractivity (Wildman–Crippen MR) is 98.7 cm³/mol. The molecule has 0 aromatic heterocycles. The number of methoxy groups -OCH3 is 2. The fourth-order valence-electron chi connectivity index (χ4n) is 3.82. The van der Waals surface area contributed by atoms with Crippen molar-refractivity contribution in [1.82, 2.24) is 9.79 Å². The summed E-state index contributed by atoms with van der Waals surface area (Å²) < 4.78 is 39.7. The summed E-state index contributed by atoms with van der Waals surface area (Å²) >= 11 is 0. The molecule has 2 aliphatic rings. The summed E-state index contributed by atoms with van der Waals surface area (Å²) in [4.78, 5) is 5.59. The van der Waals surface area contributed by atoms with E-state index in [-0.39, 0.29) is 12.6 Å². The first kappa shape index (κ1) is 19.4. The van der Waals surface area contributed by atoms with E-state index in [1.165, 1.54) is 6.42 Å². The molecule has 1 aliphatic heterocycles. The normalized spacial score (nSPS) is 25.3. The second-order valence-corrected chi connectivity index (χ2v) is 8.90. The van der Waals surface area contributed by atoms with Crippen LogP contribution < -0.4 is 14.2 Å². The topological polar surface area (TPSA) is 77.1 Å². The second-order valence-electron chi connectivity index (χ2n) is 6.97. The van der Waals surface area contributed by atoms with Crippen molar-refractivity contribution in [2.75, 3.05) is 27.9 Å². The lowest BCUT2D eigenvalue weighted by atomic mass is 9.96. The Labute approximate surface area is 155 Å². The lowest BCUT2D eigenvalue weighted by Crippen LogP contribution is -2.44. The van der Waals surface area contributed by atoms with Gasteiger partial charge >= 0.3 is 0 Å². The molecule has 26 heavy (non-hydrogen) atoms. The number of nitrogens with zero attached hydrogens (tertiary/aromatic N) is 1. The van der Waals surface area contributed by atoms with Gasteiger partial charge in [0.15, 0.2) is 0 Å². The monoisotopic (exact) mass is 384 g/mol. The van der Waals surface area contributed by atoms with E-state index in [9.17, 15) is 8.42 Å². The molecule has 1 N–H and O–H groups in total. The van der Waals surface area contributed by atoms with Crippen LogP contribution in [0.3, 0.4) is 0 Å². The summed E-state index contributed by atoms with van der Waals surface area (Å²) in [6.45, 7) is 0.128. The highest BCUT2D eigenvalue weighted by molar-refractivity contribution is 7.90. The standard InChI is InChI=1S/C18H28N2O5S/c1-20-18(13-9-15(23-2)11-16(10-13)24-3)17(12-25-20)26(21,22)19-14-7-5-4-6-8-14/h9-11,14,17-19H,4-8,12H2,1-3H3. The van der Waals surface area contributed by atoms with Crippen LogP contribution in [0.4, 0.5) is 0 Å². The first-order valence-electron chi connectivity index (χ1n) is 9.04. The van der Waals surface area contributed by atoms with Gasteiger partial charge in [0.05, 0.1) is 26.9 Å². The molecule has 1 saturated heterocycles. The van der Waals surface area contributed by atoms with Gasteiger partial charge in [-0.1, -0.05) is 19.3 Å². The predicted octanol–water partition coefficient (Wildman–Crippen LogP) is 2.24. The first-order valence-corrected chi connectivity index (χ1v) is 10.6. The van der Waals surface area contributed by atoms with E-state index in [1.807, 2.05) is 12.1 Å². The SMILES string of the molecule is COc1cc(OC)cc(C2C(S(=O)(=O)NC3CCCCC3)CON2C)c1. The Kier molecular flexibility index (Phi) is 6.06. The van der Waals surface area contributed by atoms with Crippen molar-refractivity contribution in [3.63, 3.8) is 0 Å². The summed E-state index contributed by atoms with van der Waals surface area (Å²) in [5.41, 5.74) is 0.792. The molecule has 2 unspecified atom stereocenters. The van der Waals surface area contributed by atoms with Gasteiger partial charge in [-0.25, -0.2) is 13.1 Å². The Morgan fingerprint density at radius 3 is 2.27 bits per heavy atom. The van der Waals surface area contributed by atoms with Crippen LogP contribution in [-0.4, -0.2) is 52.6 Å². The van der Waals surface area contributed by atoms with Gasteiger partial charge < -0.3 is 9.47 Å². The number of hydroxylamine groups is 2. The molecule has 2 atom stereocenters. The Balaban J connectivity index is 1.87. The first-order chi connectivity index (χ1) is 12.4. The minimum absolute atomic E-state index is 0.0279. The van der Waals surface area contributed by atoms with Crippen LogP contribution >= 0.6 is 0 Å². The maximum Gasteiger partial charge on any atom is 0.219 e. The van der Waals surface area contributed by atoms with Crippen molar-refractivity contribution in [1.29, 1.82) is 0 Å². The number of ether oxygens (including phenoxy) is 2. The van der Waals surface area contributed by atoms with E-state index in [2.05, 4.69) is 4.72 Å². The smallest absolute Gasteiger partial charge is 0.219 e. The third kappa shape index (κ3) is 4.14. The van der Waals surface area contributed by atoms with Crippen LogP contribution in [0.15, 0.2) is 18.2 Å². The molecule has 2 fully saturated rings. The maximum absolute atomic E-state index is 13.1. The number of hydrogen-bond donors (Lipinski definition) is 1. The van der Waals surface area contributed by atoms with E-state index in [1.54, 1.807) is 32.4 Å². The lowest BCUT2D eigenvalue weighted by molar-refractivity contribution is -0.110. The van der Waals surface area contributed by atoms with Crippen LogP contribution in [0, 0.1) is 0 Å². The molecule has 7 nitrogen and oxygen atoms in total. The molecular weight excluding hydrogens is 356 g/mol. The zero-order valence-corrected chi connectivity index (χ0v) is 16.4. The van der Waals surface area contributed by atoms with Crippen molar-refractivity contribution >= 4 is 10.0 Å². The van der Waals surface area contributed by atoms with Gasteiger partial charge in [-0.05, 0) is 30.5 Å². The van der Waals surface area contributed by atoms with E-state index >= 15 is 0 Å².